The summed E-state index contributed by atoms with van der Waals surface area (Å²) in [5, 5.41) is 0. The van der Waals surface area contributed by atoms with Crippen LogP contribution < -0.4 is 0 Å². The van der Waals surface area contributed by atoms with Crippen molar-refractivity contribution in [3.63, 3.8) is 0 Å². The van der Waals surface area contributed by atoms with Crippen LogP contribution in [0, 0.1) is 0 Å². The number of hydrogen-bond donors (Lipinski definition) is 0. The summed E-state index contributed by atoms with van der Waals surface area (Å²) in [6.45, 7) is 6.83. The predicted octanol–water partition coefficient (Wildman–Crippen LogP) is 1.24. The summed E-state index contributed by atoms with van der Waals surface area (Å²) in [5.74, 6) is 1.21. The molecule has 5 nitrogen and oxygen atoms in total. The summed E-state index contributed by atoms with van der Waals surface area (Å²) in [6.07, 6.45) is 4.24. The van der Waals surface area contributed by atoms with Crippen molar-refractivity contribution in [3.8, 4) is 0 Å². The van der Waals surface area contributed by atoms with E-state index in [4.69, 9.17) is 4.74 Å². The van der Waals surface area contributed by atoms with Gasteiger partial charge in [-0.15, -0.1) is 0 Å². The lowest BCUT2D eigenvalue weighted by Gasteiger charge is -2.24. The van der Waals surface area contributed by atoms with Crippen molar-refractivity contribution in [1.82, 2.24) is 9.80 Å². The van der Waals surface area contributed by atoms with Crippen LogP contribution in [0.3, 0.4) is 0 Å². The van der Waals surface area contributed by atoms with Crippen LogP contribution in [0.5, 0.6) is 0 Å². The molecule has 112 valence electrons. The molecule has 2 unspecified atom stereocenters. The lowest BCUT2D eigenvalue weighted by molar-refractivity contribution is -0.141. The van der Waals surface area contributed by atoms with Crippen LogP contribution in [0.1, 0.15) is 26.2 Å². The lowest BCUT2D eigenvalue weighted by Crippen LogP contribution is -2.35. The molecule has 1 saturated heterocycles. The van der Waals surface area contributed by atoms with E-state index in [2.05, 4.69) is 6.58 Å². The van der Waals surface area contributed by atoms with Crippen molar-refractivity contribution >= 4 is 11.9 Å². The number of carbonyl (C=O) groups is 1. The molecule has 0 saturated carbocycles. The second-order valence-electron chi connectivity index (χ2n) is 5.22. The highest BCUT2D eigenvalue weighted by atomic mass is 16.5. The van der Waals surface area contributed by atoms with Crippen molar-refractivity contribution in [2.45, 2.75) is 38.3 Å². The van der Waals surface area contributed by atoms with E-state index in [9.17, 15) is 9.59 Å². The molecule has 0 aromatic heterocycles. The molecule has 0 N–H and O–H groups in total. The second kappa shape index (κ2) is 7.88. The van der Waals surface area contributed by atoms with Gasteiger partial charge in [-0.2, -0.15) is 0 Å². The molecule has 0 aromatic rings. The Morgan fingerprint density at radius 2 is 2.30 bits per heavy atom. The van der Waals surface area contributed by atoms with Crippen molar-refractivity contribution in [1.29, 1.82) is 0 Å². The third-order valence-electron chi connectivity index (χ3n) is 3.80. The maximum absolute atomic E-state index is 12.1. The number of likely N-dealkylation sites (tertiary alicyclic amines) is 1. The van der Waals surface area contributed by atoms with Crippen LogP contribution in [0.4, 0.5) is 0 Å². The molecule has 1 aliphatic heterocycles. The van der Waals surface area contributed by atoms with Gasteiger partial charge >= 0.3 is 5.97 Å². The Kier molecular flexibility index (Phi) is 6.49. The van der Waals surface area contributed by atoms with Gasteiger partial charge in [0.15, 0.2) is 0 Å². The van der Waals surface area contributed by atoms with Crippen LogP contribution in [0.2, 0.25) is 0 Å². The smallest absolute Gasteiger partial charge is 0.347 e. The molecule has 20 heavy (non-hydrogen) atoms. The largest absolute Gasteiger partial charge is 0.460 e. The van der Waals surface area contributed by atoms with Crippen molar-refractivity contribution < 1.29 is 14.3 Å². The normalized spacial score (nSPS) is 19.6. The first kappa shape index (κ1) is 16.5. The van der Waals surface area contributed by atoms with Gasteiger partial charge in [0, 0.05) is 12.6 Å². The van der Waals surface area contributed by atoms with E-state index in [1.165, 1.54) is 0 Å². The molecule has 1 heterocycles. The summed E-state index contributed by atoms with van der Waals surface area (Å²) in [7, 11) is 3.88. The van der Waals surface area contributed by atoms with E-state index in [-0.39, 0.29) is 24.3 Å². The van der Waals surface area contributed by atoms with Gasteiger partial charge in [0.05, 0.1) is 6.04 Å². The Balaban J connectivity index is 2.64. The van der Waals surface area contributed by atoms with Gasteiger partial charge in [0.2, 0.25) is 0 Å². The molecule has 0 aromatic carbocycles. The maximum Gasteiger partial charge on any atom is 0.347 e. The molecular formula is C15H24N2O3. The molecule has 0 radical (unpaired) electrons. The fraction of sp³-hybridized carbons (Fsp3) is 0.667. The van der Waals surface area contributed by atoms with Crippen LogP contribution in [0.15, 0.2) is 18.4 Å². The molecule has 2 atom stereocenters. The third kappa shape index (κ3) is 3.95. The van der Waals surface area contributed by atoms with Crippen LogP contribution in [0.25, 0.3) is 0 Å². The van der Waals surface area contributed by atoms with E-state index in [0.717, 1.165) is 25.8 Å². The topological polar surface area (TPSA) is 49.9 Å². The number of hydrogen-bond acceptors (Lipinski definition) is 5. The molecule has 5 heteroatoms. The highest BCUT2D eigenvalue weighted by molar-refractivity contribution is 5.98. The van der Waals surface area contributed by atoms with E-state index in [0.29, 0.717) is 0 Å². The minimum Gasteiger partial charge on any atom is -0.460 e. The summed E-state index contributed by atoms with van der Waals surface area (Å²) in [6, 6.07) is -0.0807. The molecule has 1 rings (SSSR count). The van der Waals surface area contributed by atoms with Crippen molar-refractivity contribution in [2.75, 3.05) is 27.2 Å². The first-order valence-electron chi connectivity index (χ1n) is 7.02. The van der Waals surface area contributed by atoms with Crippen molar-refractivity contribution in [3.05, 3.63) is 18.4 Å². The van der Waals surface area contributed by atoms with E-state index in [1.807, 2.05) is 30.8 Å². The number of nitrogens with zero attached hydrogens (tertiary/aromatic N) is 2. The minimum atomic E-state index is -0.556. The van der Waals surface area contributed by atoms with Gasteiger partial charge in [-0.05, 0) is 39.6 Å². The van der Waals surface area contributed by atoms with Gasteiger partial charge in [-0.25, -0.2) is 9.59 Å². The van der Waals surface area contributed by atoms with E-state index in [1.54, 1.807) is 12.1 Å². The Hall–Kier alpha value is -1.58. The second-order valence-corrected chi connectivity index (χ2v) is 5.22. The first-order chi connectivity index (χ1) is 9.54. The number of likely N-dealkylation sites (N-methyl/N-ethyl adjacent to an activating group) is 1. The predicted molar refractivity (Wildman–Crippen MR) is 77.9 cm³/mol. The van der Waals surface area contributed by atoms with Gasteiger partial charge < -0.3 is 14.5 Å². The van der Waals surface area contributed by atoms with E-state index < -0.39 is 5.97 Å². The monoisotopic (exact) mass is 280 g/mol. The van der Waals surface area contributed by atoms with E-state index >= 15 is 0 Å². The standard InChI is InChI=1S/C15H24N2O3/c1-5-12(16(3)4)11-20-15(19)13(10-18)14-8-7-9-17(14)6-2/h6,12,14H,2,5,7-9,11H2,1,3-4H3. The number of carbonyl (C=O) groups excluding carboxylic acids is 2. The maximum atomic E-state index is 12.1. The molecular weight excluding hydrogens is 256 g/mol. The van der Waals surface area contributed by atoms with Crippen molar-refractivity contribution in [2.24, 2.45) is 0 Å². The molecule has 0 amide bonds. The van der Waals surface area contributed by atoms with Gasteiger partial charge in [0.25, 0.3) is 0 Å². The molecule has 1 aliphatic rings. The highest BCUT2D eigenvalue weighted by Gasteiger charge is 2.31. The zero-order chi connectivity index (χ0) is 15.1. The molecule has 1 fully saturated rings. The summed E-state index contributed by atoms with van der Waals surface area (Å²) in [4.78, 5) is 27.1. The summed E-state index contributed by atoms with van der Waals surface area (Å²) < 4.78 is 5.27. The Bertz CT molecular complexity index is 400. The SMILES string of the molecule is C=CN1CCCC1C(=C=O)C(=O)OCC(CC)N(C)C. The van der Waals surface area contributed by atoms with Crippen LogP contribution >= 0.6 is 0 Å². The quantitative estimate of drug-likeness (QED) is 0.399. The highest BCUT2D eigenvalue weighted by Crippen LogP contribution is 2.23. The fourth-order valence-electron chi connectivity index (χ4n) is 2.44. The Morgan fingerprint density at radius 3 is 2.80 bits per heavy atom. The third-order valence-corrected chi connectivity index (χ3v) is 3.80. The Labute approximate surface area is 120 Å². The number of rotatable bonds is 7. The number of esters is 1. The lowest BCUT2D eigenvalue weighted by atomic mass is 10.1. The van der Waals surface area contributed by atoms with Gasteiger partial charge in [-0.1, -0.05) is 13.5 Å². The first-order valence-corrected chi connectivity index (χ1v) is 7.02. The fourth-order valence-corrected chi connectivity index (χ4v) is 2.44. The van der Waals surface area contributed by atoms with Gasteiger partial charge in [-0.3, -0.25) is 0 Å². The minimum absolute atomic E-state index is 0.0796. The van der Waals surface area contributed by atoms with Crippen LogP contribution in [-0.2, 0) is 14.3 Å². The zero-order valence-electron chi connectivity index (χ0n) is 12.6. The Morgan fingerprint density at radius 1 is 1.60 bits per heavy atom. The summed E-state index contributed by atoms with van der Waals surface area (Å²) >= 11 is 0. The molecule has 0 spiro atoms. The average Bonchev–Trinajstić information content (AvgIpc) is 2.88. The van der Waals surface area contributed by atoms with Gasteiger partial charge in [0.1, 0.15) is 18.1 Å². The zero-order valence-corrected chi connectivity index (χ0v) is 12.6. The molecule has 0 bridgehead atoms. The molecule has 0 aliphatic carbocycles. The number of ether oxygens (including phenoxy) is 1. The average molecular weight is 280 g/mol. The summed E-state index contributed by atoms with van der Waals surface area (Å²) in [5.41, 5.74) is 0.0796. The van der Waals surface area contributed by atoms with Crippen LogP contribution in [-0.4, -0.2) is 61.0 Å².